The zero-order chi connectivity index (χ0) is 26.9. The van der Waals surface area contributed by atoms with Crippen molar-refractivity contribution in [3.8, 4) is 0 Å². The number of aromatic nitrogens is 2. The number of nitrogens with one attached hydrogen (secondary N) is 1. The number of nitrogens with zero attached hydrogens (tertiary/aromatic N) is 3. The molecule has 1 aromatic heterocycles. The first-order chi connectivity index (χ1) is 17.5. The molecular weight excluding hydrogens is 543 g/mol. The van der Waals surface area contributed by atoms with Gasteiger partial charge in [-0.15, -0.1) is 0 Å². The minimum absolute atomic E-state index is 0.0368. The Balaban J connectivity index is 1.83. The van der Waals surface area contributed by atoms with Crippen LogP contribution in [0.15, 0.2) is 67.0 Å². The van der Waals surface area contributed by atoms with Crippen LogP contribution < -0.4 is 9.62 Å². The van der Waals surface area contributed by atoms with E-state index in [4.69, 9.17) is 11.6 Å². The Labute approximate surface area is 213 Å². The lowest BCUT2D eigenvalue weighted by molar-refractivity contribution is -0.155. The molecule has 14 heteroatoms. The lowest BCUT2D eigenvalue weighted by Gasteiger charge is -2.29. The molecule has 0 aliphatic rings. The topological polar surface area (TPSA) is 98.2 Å². The summed E-state index contributed by atoms with van der Waals surface area (Å²) in [5, 5.41) is 1.63. The second-order valence-electron chi connectivity index (χ2n) is 7.49. The number of rotatable bonds is 6. The Hall–Kier alpha value is -3.68. The standard InChI is InChI=1S/C23H14ClF5N4O3S/c24-12-4-6-15(22(34)32-21(23(27,28)29)14-7-5-13(25)11-16(14)26)19(10-12)33(37(35)36)18-3-1-2-17-20(18)31-9-8-30-17/h1-11,21H,(H,32,34)(H,35,36)/p-1. The molecule has 1 heterocycles. The summed E-state index contributed by atoms with van der Waals surface area (Å²) in [5.74, 6) is -4.05. The van der Waals surface area contributed by atoms with Crippen molar-refractivity contribution in [2.75, 3.05) is 4.31 Å². The highest BCUT2D eigenvalue weighted by atomic mass is 35.5. The Bertz CT molecular complexity index is 1520. The van der Waals surface area contributed by atoms with Crippen LogP contribution in [0.3, 0.4) is 0 Å². The van der Waals surface area contributed by atoms with E-state index in [-0.39, 0.29) is 22.3 Å². The van der Waals surface area contributed by atoms with Gasteiger partial charge in [-0.2, -0.15) is 13.2 Å². The molecule has 0 bridgehead atoms. The highest BCUT2D eigenvalue weighted by Gasteiger charge is 2.43. The van der Waals surface area contributed by atoms with Crippen molar-refractivity contribution in [1.29, 1.82) is 0 Å². The van der Waals surface area contributed by atoms with E-state index < -0.39 is 57.8 Å². The number of hydrogen-bond acceptors (Lipinski definition) is 5. The van der Waals surface area contributed by atoms with Crippen molar-refractivity contribution in [3.05, 3.63) is 94.8 Å². The van der Waals surface area contributed by atoms with E-state index in [1.807, 2.05) is 0 Å². The predicted molar refractivity (Wildman–Crippen MR) is 125 cm³/mol. The minimum Gasteiger partial charge on any atom is -0.755 e. The van der Waals surface area contributed by atoms with Gasteiger partial charge in [0.05, 0.1) is 33.7 Å². The van der Waals surface area contributed by atoms with Crippen LogP contribution >= 0.6 is 11.6 Å². The van der Waals surface area contributed by atoms with Gasteiger partial charge < -0.3 is 9.87 Å². The molecular formula is C23H13ClF5N4O3S-. The van der Waals surface area contributed by atoms with Gasteiger partial charge in [-0.05, 0) is 36.4 Å². The van der Waals surface area contributed by atoms with Crippen molar-refractivity contribution in [3.63, 3.8) is 0 Å². The maximum atomic E-state index is 14.2. The van der Waals surface area contributed by atoms with Gasteiger partial charge in [0.15, 0.2) is 6.04 Å². The number of benzene rings is 3. The van der Waals surface area contributed by atoms with Gasteiger partial charge in [0, 0.05) is 29.0 Å². The number of para-hydroxylation sites is 1. The lowest BCUT2D eigenvalue weighted by atomic mass is 10.0. The number of anilines is 2. The Kier molecular flexibility index (Phi) is 7.39. The summed E-state index contributed by atoms with van der Waals surface area (Å²) in [6.07, 6.45) is -2.52. The fraction of sp³-hybridized carbons (Fsp3) is 0.0870. The maximum absolute atomic E-state index is 14.2. The first kappa shape index (κ1) is 26.4. The summed E-state index contributed by atoms with van der Waals surface area (Å²) in [5.41, 5.74) is -1.63. The van der Waals surface area contributed by atoms with E-state index in [1.54, 1.807) is 11.4 Å². The Morgan fingerprint density at radius 2 is 1.76 bits per heavy atom. The first-order valence-electron chi connectivity index (χ1n) is 10.2. The third kappa shape index (κ3) is 5.53. The SMILES string of the molecule is O=C(NC(c1ccc(F)cc1F)C(F)(F)F)c1ccc(Cl)cc1N(c1cccc2nccnc12)S(=O)[O-]. The monoisotopic (exact) mass is 555 g/mol. The summed E-state index contributed by atoms with van der Waals surface area (Å²) in [6.45, 7) is 0. The van der Waals surface area contributed by atoms with Gasteiger partial charge in [-0.1, -0.05) is 23.7 Å². The summed E-state index contributed by atoms with van der Waals surface area (Å²) in [7, 11) is 0. The molecule has 0 radical (unpaired) electrons. The smallest absolute Gasteiger partial charge is 0.412 e. The molecule has 37 heavy (non-hydrogen) atoms. The number of fused-ring (bicyclic) bond motifs is 1. The third-order valence-electron chi connectivity index (χ3n) is 5.14. The number of halogens is 6. The normalized spacial score (nSPS) is 13.3. The number of amides is 1. The van der Waals surface area contributed by atoms with Crippen molar-refractivity contribution in [2.24, 2.45) is 0 Å². The fourth-order valence-corrected chi connectivity index (χ4v) is 4.36. The molecule has 0 aliphatic carbocycles. The van der Waals surface area contributed by atoms with E-state index in [2.05, 4.69) is 9.97 Å². The van der Waals surface area contributed by atoms with Gasteiger partial charge >= 0.3 is 6.18 Å². The zero-order valence-electron chi connectivity index (χ0n) is 18.2. The number of hydrogen-bond donors (Lipinski definition) is 1. The molecule has 3 aromatic carbocycles. The molecule has 0 fully saturated rings. The van der Waals surface area contributed by atoms with Crippen LogP contribution in [-0.4, -0.2) is 30.8 Å². The van der Waals surface area contributed by atoms with Gasteiger partial charge in [-0.3, -0.25) is 23.3 Å². The largest absolute Gasteiger partial charge is 0.755 e. The van der Waals surface area contributed by atoms with Crippen molar-refractivity contribution in [1.82, 2.24) is 15.3 Å². The highest BCUT2D eigenvalue weighted by Crippen LogP contribution is 2.38. The molecule has 1 amide bonds. The second-order valence-corrected chi connectivity index (χ2v) is 8.72. The van der Waals surface area contributed by atoms with Gasteiger partial charge in [-0.25, -0.2) is 8.78 Å². The maximum Gasteiger partial charge on any atom is 0.412 e. The van der Waals surface area contributed by atoms with Crippen LogP contribution in [0.4, 0.5) is 33.3 Å². The summed E-state index contributed by atoms with van der Waals surface area (Å²) >= 11 is 2.92. The Morgan fingerprint density at radius 3 is 2.43 bits per heavy atom. The molecule has 0 spiro atoms. The zero-order valence-corrected chi connectivity index (χ0v) is 19.7. The van der Waals surface area contributed by atoms with Crippen molar-refractivity contribution in [2.45, 2.75) is 12.2 Å². The van der Waals surface area contributed by atoms with E-state index in [0.29, 0.717) is 22.0 Å². The first-order valence-corrected chi connectivity index (χ1v) is 11.6. The molecule has 0 saturated carbocycles. The molecule has 0 saturated heterocycles. The van der Waals surface area contributed by atoms with Crippen LogP contribution in [0, 0.1) is 11.6 Å². The fourth-order valence-electron chi connectivity index (χ4n) is 3.58. The average Bonchev–Trinajstić information content (AvgIpc) is 2.82. The molecule has 0 aliphatic heterocycles. The van der Waals surface area contributed by atoms with Gasteiger partial charge in [0.2, 0.25) is 0 Å². The summed E-state index contributed by atoms with van der Waals surface area (Å²) in [4.78, 5) is 21.3. The van der Waals surface area contributed by atoms with E-state index >= 15 is 0 Å². The summed E-state index contributed by atoms with van der Waals surface area (Å²) in [6, 6.07) is 6.14. The van der Waals surface area contributed by atoms with Crippen LogP contribution in [0.1, 0.15) is 22.0 Å². The van der Waals surface area contributed by atoms with Crippen molar-refractivity contribution >= 4 is 51.2 Å². The minimum atomic E-state index is -5.19. The molecule has 4 aromatic rings. The highest BCUT2D eigenvalue weighted by molar-refractivity contribution is 7.81. The Morgan fingerprint density at radius 1 is 1.03 bits per heavy atom. The van der Waals surface area contributed by atoms with Crippen LogP contribution in [0.25, 0.3) is 11.0 Å². The average molecular weight is 556 g/mol. The van der Waals surface area contributed by atoms with Gasteiger partial charge in [0.1, 0.15) is 17.2 Å². The molecule has 4 rings (SSSR count). The quantitative estimate of drug-likeness (QED) is 0.249. The van der Waals surface area contributed by atoms with Gasteiger partial charge in [0.25, 0.3) is 5.91 Å². The number of alkyl halides is 3. The van der Waals surface area contributed by atoms with Crippen LogP contribution in [0.5, 0.6) is 0 Å². The number of carbonyl (C=O) groups excluding carboxylic acids is 1. The van der Waals surface area contributed by atoms with E-state index in [1.165, 1.54) is 24.5 Å². The molecule has 192 valence electrons. The molecule has 7 nitrogen and oxygen atoms in total. The molecule has 1 N–H and O–H groups in total. The third-order valence-corrected chi connectivity index (χ3v) is 6.07. The molecule has 2 unspecified atom stereocenters. The van der Waals surface area contributed by atoms with Crippen LogP contribution in [-0.2, 0) is 11.3 Å². The van der Waals surface area contributed by atoms with E-state index in [0.717, 1.165) is 18.2 Å². The predicted octanol–water partition coefficient (Wildman–Crippen LogP) is 5.53. The second kappa shape index (κ2) is 10.4. The lowest BCUT2D eigenvalue weighted by Crippen LogP contribution is -2.39. The van der Waals surface area contributed by atoms with E-state index in [9.17, 15) is 35.5 Å². The van der Waals surface area contributed by atoms with Crippen LogP contribution in [0.2, 0.25) is 5.02 Å². The van der Waals surface area contributed by atoms with Crippen molar-refractivity contribution < 1.29 is 35.5 Å². The summed E-state index contributed by atoms with van der Waals surface area (Å²) < 4.78 is 94.3. The molecule has 2 atom stereocenters. The number of carbonyl (C=O) groups is 1.